The molecule has 0 saturated heterocycles. The minimum Gasteiger partial charge on any atom is -0.353 e. The van der Waals surface area contributed by atoms with Gasteiger partial charge in [0.2, 0.25) is 15.9 Å². The molecule has 0 saturated carbocycles. The van der Waals surface area contributed by atoms with Crippen LogP contribution in [0.3, 0.4) is 0 Å². The fraction of sp³-hybridized carbons (Fsp3) is 0.409. The number of amides is 1. The number of hydrogen-bond donors (Lipinski definition) is 1. The molecular weight excluding hydrogens is 408 g/mol. The Morgan fingerprint density at radius 3 is 2.17 bits per heavy atom. The van der Waals surface area contributed by atoms with Crippen molar-refractivity contribution in [2.24, 2.45) is 0 Å². The van der Waals surface area contributed by atoms with Gasteiger partial charge >= 0.3 is 0 Å². The van der Waals surface area contributed by atoms with Gasteiger partial charge in [0.1, 0.15) is 0 Å². The first-order valence-corrected chi connectivity index (χ1v) is 11.5. The molecule has 0 aliphatic carbocycles. The number of aryl methyl sites for hydroxylation is 3. The zero-order chi connectivity index (χ0) is 21.8. The van der Waals surface area contributed by atoms with Crippen LogP contribution in [-0.2, 0) is 21.4 Å². The van der Waals surface area contributed by atoms with E-state index in [4.69, 9.17) is 11.6 Å². The zero-order valence-corrected chi connectivity index (χ0v) is 19.2. The maximum atomic E-state index is 13.6. The Hall–Kier alpha value is -1.89. The van der Waals surface area contributed by atoms with Gasteiger partial charge in [-0.1, -0.05) is 48.4 Å². The minimum atomic E-state index is -3.89. The standard InChI is InChI=1S/C22H29ClN2O3S/c1-6-18(5)24-21(26)14-25(13-19-7-9-20(23)10-8-19)29(27,28)22-16(3)11-15(2)12-17(22)4/h7-12,18H,6,13-14H2,1-5H3,(H,24,26)/t18-/m1/s1. The number of carbonyl (C=O) groups excluding carboxylic acids is 1. The molecule has 0 unspecified atom stereocenters. The van der Waals surface area contributed by atoms with Gasteiger partial charge in [-0.3, -0.25) is 4.79 Å². The van der Waals surface area contributed by atoms with Crippen molar-refractivity contribution in [1.29, 1.82) is 0 Å². The highest BCUT2D eigenvalue weighted by Crippen LogP contribution is 2.26. The van der Waals surface area contributed by atoms with Crippen LogP contribution in [0.4, 0.5) is 0 Å². The van der Waals surface area contributed by atoms with Crippen LogP contribution in [0.1, 0.15) is 42.5 Å². The van der Waals surface area contributed by atoms with Crippen LogP contribution in [0, 0.1) is 20.8 Å². The summed E-state index contributed by atoms with van der Waals surface area (Å²) in [6.07, 6.45) is 0.770. The predicted octanol–water partition coefficient (Wildman–Crippen LogP) is 4.37. The molecule has 0 aliphatic heterocycles. The Kier molecular flexibility index (Phi) is 7.86. The molecule has 0 heterocycles. The first-order valence-electron chi connectivity index (χ1n) is 9.66. The van der Waals surface area contributed by atoms with Crippen molar-refractivity contribution in [2.45, 2.75) is 58.5 Å². The second kappa shape index (κ2) is 9.74. The van der Waals surface area contributed by atoms with Gasteiger partial charge in [-0.05, 0) is 62.9 Å². The number of nitrogens with zero attached hydrogens (tertiary/aromatic N) is 1. The van der Waals surface area contributed by atoms with E-state index in [1.54, 1.807) is 38.1 Å². The molecule has 1 atom stereocenters. The van der Waals surface area contributed by atoms with Gasteiger partial charge in [0.25, 0.3) is 0 Å². The summed E-state index contributed by atoms with van der Waals surface area (Å²) in [6.45, 7) is 9.19. The van der Waals surface area contributed by atoms with Crippen LogP contribution in [0.5, 0.6) is 0 Å². The van der Waals surface area contributed by atoms with E-state index in [0.29, 0.717) is 16.1 Å². The maximum absolute atomic E-state index is 13.6. The molecule has 158 valence electrons. The summed E-state index contributed by atoms with van der Waals surface area (Å²) < 4.78 is 28.4. The van der Waals surface area contributed by atoms with Crippen molar-refractivity contribution in [3.8, 4) is 0 Å². The van der Waals surface area contributed by atoms with E-state index in [2.05, 4.69) is 5.32 Å². The molecule has 0 spiro atoms. The first kappa shape index (κ1) is 23.4. The van der Waals surface area contributed by atoms with E-state index in [1.165, 1.54) is 4.31 Å². The average Bonchev–Trinajstić information content (AvgIpc) is 2.61. The van der Waals surface area contributed by atoms with E-state index in [1.807, 2.05) is 32.9 Å². The largest absolute Gasteiger partial charge is 0.353 e. The molecule has 1 amide bonds. The van der Waals surface area contributed by atoms with Gasteiger partial charge in [-0.2, -0.15) is 4.31 Å². The van der Waals surface area contributed by atoms with Crippen molar-refractivity contribution in [3.05, 3.63) is 63.7 Å². The van der Waals surface area contributed by atoms with Crippen LogP contribution >= 0.6 is 11.6 Å². The highest BCUT2D eigenvalue weighted by atomic mass is 35.5. The van der Waals surface area contributed by atoms with Gasteiger partial charge in [0.05, 0.1) is 11.4 Å². The summed E-state index contributed by atoms with van der Waals surface area (Å²) in [7, 11) is -3.89. The van der Waals surface area contributed by atoms with Gasteiger partial charge in [-0.15, -0.1) is 0 Å². The molecule has 1 N–H and O–H groups in total. The smallest absolute Gasteiger partial charge is 0.244 e. The Morgan fingerprint density at radius 1 is 1.10 bits per heavy atom. The minimum absolute atomic E-state index is 0.0227. The number of halogens is 1. The van der Waals surface area contributed by atoms with Gasteiger partial charge in [0.15, 0.2) is 0 Å². The number of nitrogens with one attached hydrogen (secondary N) is 1. The lowest BCUT2D eigenvalue weighted by atomic mass is 10.1. The number of sulfonamides is 1. The normalized spacial score (nSPS) is 12.8. The molecule has 0 aliphatic rings. The van der Waals surface area contributed by atoms with E-state index >= 15 is 0 Å². The lowest BCUT2D eigenvalue weighted by Gasteiger charge is -2.25. The summed E-state index contributed by atoms with van der Waals surface area (Å²) in [4.78, 5) is 12.8. The number of benzene rings is 2. The van der Waals surface area contributed by atoms with E-state index in [-0.39, 0.29) is 29.9 Å². The topological polar surface area (TPSA) is 66.5 Å². The second-order valence-electron chi connectivity index (χ2n) is 7.50. The molecule has 5 nitrogen and oxygen atoms in total. The SMILES string of the molecule is CC[C@@H](C)NC(=O)CN(Cc1ccc(Cl)cc1)S(=O)(=O)c1c(C)cc(C)cc1C. The van der Waals surface area contributed by atoms with Crippen LogP contribution in [0.25, 0.3) is 0 Å². The van der Waals surface area contributed by atoms with Crippen molar-refractivity contribution >= 4 is 27.5 Å². The number of hydrogen-bond acceptors (Lipinski definition) is 3. The van der Waals surface area contributed by atoms with Crippen LogP contribution < -0.4 is 5.32 Å². The molecule has 0 bridgehead atoms. The van der Waals surface area contributed by atoms with Crippen molar-refractivity contribution in [1.82, 2.24) is 9.62 Å². The molecule has 2 aromatic carbocycles. The summed E-state index contributed by atoms with van der Waals surface area (Å²) in [6, 6.07) is 10.6. The van der Waals surface area contributed by atoms with Gasteiger partial charge in [0, 0.05) is 17.6 Å². The van der Waals surface area contributed by atoms with Crippen molar-refractivity contribution < 1.29 is 13.2 Å². The number of carbonyl (C=O) groups is 1. The Balaban J connectivity index is 2.44. The van der Waals surface area contributed by atoms with Crippen molar-refractivity contribution in [2.75, 3.05) is 6.54 Å². The Morgan fingerprint density at radius 2 is 1.66 bits per heavy atom. The third-order valence-corrected chi connectivity index (χ3v) is 7.16. The van der Waals surface area contributed by atoms with E-state index in [0.717, 1.165) is 17.5 Å². The van der Waals surface area contributed by atoms with Gasteiger partial charge < -0.3 is 5.32 Å². The highest BCUT2D eigenvalue weighted by Gasteiger charge is 2.30. The quantitative estimate of drug-likeness (QED) is 0.668. The lowest BCUT2D eigenvalue weighted by Crippen LogP contribution is -2.43. The highest BCUT2D eigenvalue weighted by molar-refractivity contribution is 7.89. The molecular formula is C22H29ClN2O3S. The van der Waals surface area contributed by atoms with E-state index < -0.39 is 10.0 Å². The average molecular weight is 437 g/mol. The Bertz CT molecular complexity index is 949. The van der Waals surface area contributed by atoms with Crippen LogP contribution in [0.2, 0.25) is 5.02 Å². The molecule has 29 heavy (non-hydrogen) atoms. The molecule has 7 heteroatoms. The molecule has 0 radical (unpaired) electrons. The summed E-state index contributed by atoms with van der Waals surface area (Å²) >= 11 is 5.95. The maximum Gasteiger partial charge on any atom is 0.244 e. The molecule has 0 fully saturated rings. The fourth-order valence-corrected chi connectivity index (χ4v) is 5.23. The van der Waals surface area contributed by atoms with Gasteiger partial charge in [-0.25, -0.2) is 8.42 Å². The zero-order valence-electron chi connectivity index (χ0n) is 17.6. The molecule has 2 rings (SSSR count). The van der Waals surface area contributed by atoms with Crippen LogP contribution in [0.15, 0.2) is 41.3 Å². The lowest BCUT2D eigenvalue weighted by molar-refractivity contribution is -0.122. The third-order valence-electron chi connectivity index (χ3n) is 4.81. The summed E-state index contributed by atoms with van der Waals surface area (Å²) in [5.41, 5.74) is 3.10. The second-order valence-corrected chi connectivity index (χ2v) is 9.82. The first-order chi connectivity index (χ1) is 13.5. The fourth-order valence-electron chi connectivity index (χ4n) is 3.30. The third kappa shape index (κ3) is 6.04. The molecule has 0 aromatic heterocycles. The van der Waals surface area contributed by atoms with E-state index in [9.17, 15) is 13.2 Å². The van der Waals surface area contributed by atoms with Crippen LogP contribution in [-0.4, -0.2) is 31.2 Å². The number of rotatable bonds is 8. The summed E-state index contributed by atoms with van der Waals surface area (Å²) in [5.74, 6) is -0.320. The van der Waals surface area contributed by atoms with Crippen molar-refractivity contribution in [3.63, 3.8) is 0 Å². The predicted molar refractivity (Wildman–Crippen MR) is 118 cm³/mol. The monoisotopic (exact) mass is 436 g/mol. The molecule has 2 aromatic rings. The Labute approximate surface area is 179 Å². The summed E-state index contributed by atoms with van der Waals surface area (Å²) in [5, 5.41) is 3.42.